The topological polar surface area (TPSA) is 0 Å². The van der Waals surface area contributed by atoms with E-state index >= 15 is 0 Å². The maximum absolute atomic E-state index is 2.28. The van der Waals surface area contributed by atoms with Crippen molar-refractivity contribution >= 4 is 0 Å². The van der Waals surface area contributed by atoms with Gasteiger partial charge in [-0.1, -0.05) is 59.2 Å². The Bertz CT molecular complexity index is 284. The molecule has 0 amide bonds. The highest BCUT2D eigenvalue weighted by Crippen LogP contribution is 2.23. The van der Waals surface area contributed by atoms with Crippen LogP contribution in [0.25, 0.3) is 0 Å². The Labute approximate surface area is 102 Å². The van der Waals surface area contributed by atoms with Crippen LogP contribution in [0, 0.1) is 6.92 Å². The standard InChI is InChI=1S/C14H22.C2H6/c1-5-6-9-14-12(4)8-7-10-13(14)11(2)3;1-2/h7-8,10-11H,5-6,9H2,1-4H3;1-2H3. The van der Waals surface area contributed by atoms with Crippen molar-refractivity contribution in [3.63, 3.8) is 0 Å². The van der Waals surface area contributed by atoms with E-state index in [4.69, 9.17) is 0 Å². The Kier molecular flexibility index (Phi) is 7.97. The van der Waals surface area contributed by atoms with Crippen LogP contribution in [0.3, 0.4) is 0 Å². The van der Waals surface area contributed by atoms with Crippen LogP contribution in [-0.4, -0.2) is 0 Å². The van der Waals surface area contributed by atoms with Crippen molar-refractivity contribution < 1.29 is 0 Å². The molecule has 92 valence electrons. The third-order valence-corrected chi connectivity index (χ3v) is 2.85. The van der Waals surface area contributed by atoms with Crippen molar-refractivity contribution in [3.8, 4) is 0 Å². The maximum atomic E-state index is 2.28. The molecule has 0 heterocycles. The lowest BCUT2D eigenvalue weighted by molar-refractivity contribution is 0.763. The van der Waals surface area contributed by atoms with E-state index < -0.39 is 0 Å². The summed E-state index contributed by atoms with van der Waals surface area (Å²) in [4.78, 5) is 0. The van der Waals surface area contributed by atoms with E-state index in [1.165, 1.54) is 24.8 Å². The predicted octanol–water partition coefficient (Wildman–Crippen LogP) is 5.49. The number of aryl methyl sites for hydroxylation is 1. The zero-order valence-electron chi connectivity index (χ0n) is 11.9. The summed E-state index contributed by atoms with van der Waals surface area (Å²) in [6, 6.07) is 6.69. The van der Waals surface area contributed by atoms with E-state index in [9.17, 15) is 0 Å². The lowest BCUT2D eigenvalue weighted by atomic mass is 9.91. The predicted molar refractivity (Wildman–Crippen MR) is 75.2 cm³/mol. The quantitative estimate of drug-likeness (QED) is 0.629. The van der Waals surface area contributed by atoms with Crippen LogP contribution in [0.2, 0.25) is 0 Å². The first-order chi connectivity index (χ1) is 7.66. The summed E-state index contributed by atoms with van der Waals surface area (Å²) in [6.45, 7) is 13.1. The van der Waals surface area contributed by atoms with Gasteiger partial charge in [-0.25, -0.2) is 0 Å². The van der Waals surface area contributed by atoms with Gasteiger partial charge in [0.05, 0.1) is 0 Å². The molecule has 0 fully saturated rings. The maximum Gasteiger partial charge on any atom is -0.0216 e. The first kappa shape index (κ1) is 15.2. The lowest BCUT2D eigenvalue weighted by Gasteiger charge is -2.15. The van der Waals surface area contributed by atoms with E-state index in [1.807, 2.05) is 13.8 Å². The number of hydrogen-bond acceptors (Lipinski definition) is 0. The number of unbranched alkanes of at least 4 members (excludes halogenated alkanes) is 1. The molecule has 1 aromatic carbocycles. The monoisotopic (exact) mass is 220 g/mol. The molecule has 16 heavy (non-hydrogen) atoms. The molecule has 0 unspecified atom stereocenters. The Morgan fingerprint density at radius 2 is 1.75 bits per heavy atom. The minimum Gasteiger partial charge on any atom is -0.0683 e. The molecule has 0 bridgehead atoms. The molecule has 0 aliphatic heterocycles. The Morgan fingerprint density at radius 3 is 2.25 bits per heavy atom. The highest BCUT2D eigenvalue weighted by atomic mass is 14.1. The minimum absolute atomic E-state index is 0.654. The molecular weight excluding hydrogens is 192 g/mol. The molecule has 1 rings (SSSR count). The molecule has 0 radical (unpaired) electrons. The molecule has 0 aromatic heterocycles. The Hall–Kier alpha value is -0.780. The highest BCUT2D eigenvalue weighted by molar-refractivity contribution is 5.36. The first-order valence-corrected chi connectivity index (χ1v) is 6.75. The average Bonchev–Trinajstić information content (AvgIpc) is 2.29. The van der Waals surface area contributed by atoms with Crippen molar-refractivity contribution in [3.05, 3.63) is 34.9 Å². The van der Waals surface area contributed by atoms with Gasteiger partial charge in [0.15, 0.2) is 0 Å². The number of rotatable bonds is 4. The number of hydrogen-bond donors (Lipinski definition) is 0. The first-order valence-electron chi connectivity index (χ1n) is 6.75. The summed E-state index contributed by atoms with van der Waals surface area (Å²) in [5, 5.41) is 0. The summed E-state index contributed by atoms with van der Waals surface area (Å²) in [7, 11) is 0. The van der Waals surface area contributed by atoms with Crippen molar-refractivity contribution in [2.45, 2.75) is 66.7 Å². The Balaban J connectivity index is 0.00000106. The minimum atomic E-state index is 0.654. The summed E-state index contributed by atoms with van der Waals surface area (Å²) in [5.74, 6) is 0.654. The summed E-state index contributed by atoms with van der Waals surface area (Å²) >= 11 is 0. The van der Waals surface area contributed by atoms with Gasteiger partial charge >= 0.3 is 0 Å². The van der Waals surface area contributed by atoms with E-state index in [-0.39, 0.29) is 0 Å². The molecule has 0 aliphatic carbocycles. The molecular formula is C16H28. The number of benzene rings is 1. The zero-order valence-corrected chi connectivity index (χ0v) is 11.9. The van der Waals surface area contributed by atoms with Gasteiger partial charge < -0.3 is 0 Å². The van der Waals surface area contributed by atoms with Crippen LogP contribution in [-0.2, 0) is 6.42 Å². The van der Waals surface area contributed by atoms with Gasteiger partial charge in [-0.05, 0) is 42.4 Å². The molecule has 0 saturated carbocycles. The summed E-state index contributed by atoms with van der Waals surface area (Å²) < 4.78 is 0. The largest absolute Gasteiger partial charge is 0.0683 e. The van der Waals surface area contributed by atoms with Gasteiger partial charge in [0.2, 0.25) is 0 Å². The van der Waals surface area contributed by atoms with Gasteiger partial charge in [-0.15, -0.1) is 0 Å². The average molecular weight is 220 g/mol. The van der Waals surface area contributed by atoms with Gasteiger partial charge in [-0.3, -0.25) is 0 Å². The molecule has 0 atom stereocenters. The van der Waals surface area contributed by atoms with Crippen LogP contribution in [0.4, 0.5) is 0 Å². The van der Waals surface area contributed by atoms with E-state index in [2.05, 4.69) is 45.9 Å². The summed E-state index contributed by atoms with van der Waals surface area (Å²) in [6.07, 6.45) is 3.84. The van der Waals surface area contributed by atoms with Crippen LogP contribution in [0.5, 0.6) is 0 Å². The van der Waals surface area contributed by atoms with E-state index in [0.717, 1.165) is 0 Å². The molecule has 0 N–H and O–H groups in total. The van der Waals surface area contributed by atoms with Gasteiger partial charge in [-0.2, -0.15) is 0 Å². The smallest absolute Gasteiger partial charge is 0.0216 e. The molecule has 0 spiro atoms. The molecule has 0 nitrogen and oxygen atoms in total. The third kappa shape index (κ3) is 4.38. The van der Waals surface area contributed by atoms with Crippen LogP contribution < -0.4 is 0 Å². The highest BCUT2D eigenvalue weighted by Gasteiger charge is 2.07. The molecule has 1 aromatic rings. The molecule has 0 saturated heterocycles. The summed E-state index contributed by atoms with van der Waals surface area (Å²) in [5.41, 5.74) is 4.59. The van der Waals surface area contributed by atoms with Gasteiger partial charge in [0, 0.05) is 0 Å². The second-order valence-electron chi connectivity index (χ2n) is 4.40. The van der Waals surface area contributed by atoms with Crippen LogP contribution in [0.1, 0.15) is 70.1 Å². The van der Waals surface area contributed by atoms with Gasteiger partial charge in [0.25, 0.3) is 0 Å². The van der Waals surface area contributed by atoms with Crippen LogP contribution >= 0.6 is 0 Å². The fourth-order valence-corrected chi connectivity index (χ4v) is 1.96. The van der Waals surface area contributed by atoms with Crippen molar-refractivity contribution in [2.75, 3.05) is 0 Å². The fraction of sp³-hybridized carbons (Fsp3) is 0.625. The zero-order chi connectivity index (χ0) is 12.6. The van der Waals surface area contributed by atoms with E-state index in [1.54, 1.807) is 11.1 Å². The molecule has 0 aliphatic rings. The SMILES string of the molecule is CC.CCCCc1c(C)cccc1C(C)C. The van der Waals surface area contributed by atoms with Crippen LogP contribution in [0.15, 0.2) is 18.2 Å². The van der Waals surface area contributed by atoms with E-state index in [0.29, 0.717) is 5.92 Å². The molecule has 0 heteroatoms. The van der Waals surface area contributed by atoms with Crippen molar-refractivity contribution in [1.29, 1.82) is 0 Å². The second kappa shape index (κ2) is 8.38. The van der Waals surface area contributed by atoms with Crippen molar-refractivity contribution in [1.82, 2.24) is 0 Å². The second-order valence-corrected chi connectivity index (χ2v) is 4.40. The lowest BCUT2D eigenvalue weighted by Crippen LogP contribution is -1.99. The van der Waals surface area contributed by atoms with Crippen molar-refractivity contribution in [2.24, 2.45) is 0 Å². The normalized spacial score (nSPS) is 9.94. The fourth-order valence-electron chi connectivity index (χ4n) is 1.96. The Morgan fingerprint density at radius 1 is 1.12 bits per heavy atom. The third-order valence-electron chi connectivity index (χ3n) is 2.85. The van der Waals surface area contributed by atoms with Gasteiger partial charge in [0.1, 0.15) is 0 Å².